The van der Waals surface area contributed by atoms with Crippen LogP contribution in [0, 0.1) is 6.92 Å². The Morgan fingerprint density at radius 3 is 2.38 bits per heavy atom. The number of halogens is 1. The maximum Gasteiger partial charge on any atom is 0.264 e. The van der Waals surface area contributed by atoms with Crippen LogP contribution in [0.3, 0.4) is 0 Å². The van der Waals surface area contributed by atoms with Crippen LogP contribution in [0.1, 0.15) is 16.7 Å². The molecular weight excluding hydrogens is 614 g/mol. The van der Waals surface area contributed by atoms with Crippen molar-refractivity contribution in [2.24, 2.45) is 5.10 Å². The fourth-order valence-corrected chi connectivity index (χ4v) is 6.16. The zero-order valence-corrected chi connectivity index (χ0v) is 25.2. The standard InChI is InChI=1S/C33H28BrN3O4S/c1-24-12-18-31(19-13-24)42(39,40)37(29-10-5-9-28(34)20-29)22-33(38)36-35-21-25-14-16-30(17-15-25)41-23-27-8-4-7-26-6-2-3-11-32(26)27/h2-21H,22-23H2,1H3,(H,36,38)/b35-21+. The van der Waals surface area contributed by atoms with Crippen molar-refractivity contribution in [3.63, 3.8) is 0 Å². The molecule has 5 aromatic rings. The highest BCUT2D eigenvalue weighted by atomic mass is 79.9. The zero-order chi connectivity index (χ0) is 29.5. The molecule has 7 nitrogen and oxygen atoms in total. The number of hydrazone groups is 1. The second-order valence-electron chi connectivity index (χ2n) is 9.59. The third-order valence-corrected chi connectivity index (χ3v) is 8.83. The molecule has 42 heavy (non-hydrogen) atoms. The third-order valence-electron chi connectivity index (χ3n) is 6.55. The smallest absolute Gasteiger partial charge is 0.264 e. The van der Waals surface area contributed by atoms with Gasteiger partial charge in [0.1, 0.15) is 18.9 Å². The molecule has 0 aliphatic heterocycles. The van der Waals surface area contributed by atoms with E-state index in [1.54, 1.807) is 36.4 Å². The van der Waals surface area contributed by atoms with E-state index in [0.717, 1.165) is 26.4 Å². The molecule has 0 unspecified atom stereocenters. The van der Waals surface area contributed by atoms with Crippen LogP contribution in [-0.2, 0) is 21.4 Å². The summed E-state index contributed by atoms with van der Waals surface area (Å²) in [5.74, 6) is 0.118. The average molecular weight is 643 g/mol. The lowest BCUT2D eigenvalue weighted by Gasteiger charge is -2.24. The highest BCUT2D eigenvalue weighted by molar-refractivity contribution is 9.10. The van der Waals surface area contributed by atoms with E-state index < -0.39 is 22.5 Å². The van der Waals surface area contributed by atoms with Crippen molar-refractivity contribution in [2.75, 3.05) is 10.8 Å². The minimum absolute atomic E-state index is 0.0899. The predicted octanol–water partition coefficient (Wildman–Crippen LogP) is 6.84. The van der Waals surface area contributed by atoms with E-state index in [4.69, 9.17) is 4.74 Å². The van der Waals surface area contributed by atoms with Crippen LogP contribution in [0.5, 0.6) is 5.75 Å². The molecule has 0 bridgehead atoms. The molecule has 0 heterocycles. The van der Waals surface area contributed by atoms with Gasteiger partial charge in [0.15, 0.2) is 0 Å². The summed E-state index contributed by atoms with van der Waals surface area (Å²) in [7, 11) is -4.02. The van der Waals surface area contributed by atoms with Crippen molar-refractivity contribution in [1.82, 2.24) is 5.43 Å². The molecule has 9 heteroatoms. The van der Waals surface area contributed by atoms with Gasteiger partial charge in [-0.1, -0.05) is 82.2 Å². The summed E-state index contributed by atoms with van der Waals surface area (Å²) in [6, 6.07) is 34.9. The summed E-state index contributed by atoms with van der Waals surface area (Å²) in [6.07, 6.45) is 1.49. The molecule has 212 valence electrons. The summed E-state index contributed by atoms with van der Waals surface area (Å²) < 4.78 is 34.8. The van der Waals surface area contributed by atoms with Crippen molar-refractivity contribution in [3.8, 4) is 5.75 Å². The normalized spacial score (nSPS) is 11.5. The van der Waals surface area contributed by atoms with Gasteiger partial charge in [-0.2, -0.15) is 5.10 Å². The topological polar surface area (TPSA) is 88.1 Å². The van der Waals surface area contributed by atoms with Crippen LogP contribution in [0.2, 0.25) is 0 Å². The summed E-state index contributed by atoms with van der Waals surface area (Å²) in [5.41, 5.74) is 5.56. The van der Waals surface area contributed by atoms with E-state index in [-0.39, 0.29) is 4.90 Å². The Labute approximate surface area is 253 Å². The van der Waals surface area contributed by atoms with Crippen molar-refractivity contribution in [1.29, 1.82) is 0 Å². The predicted molar refractivity (Wildman–Crippen MR) is 170 cm³/mol. The first kappa shape index (κ1) is 29.0. The molecule has 0 saturated heterocycles. The zero-order valence-electron chi connectivity index (χ0n) is 22.8. The summed E-state index contributed by atoms with van der Waals surface area (Å²) in [5, 5.41) is 6.36. The first-order valence-corrected chi connectivity index (χ1v) is 15.4. The van der Waals surface area contributed by atoms with Crippen molar-refractivity contribution >= 4 is 54.5 Å². The van der Waals surface area contributed by atoms with Crippen LogP contribution in [0.15, 0.2) is 130 Å². The Kier molecular flexibility index (Phi) is 9.00. The van der Waals surface area contributed by atoms with Gasteiger partial charge in [0.05, 0.1) is 16.8 Å². The van der Waals surface area contributed by atoms with Gasteiger partial charge in [-0.3, -0.25) is 9.10 Å². The number of sulfonamides is 1. The minimum Gasteiger partial charge on any atom is -0.489 e. The number of amides is 1. The van der Waals surface area contributed by atoms with Crippen LogP contribution in [0.25, 0.3) is 10.8 Å². The molecule has 0 aliphatic rings. The van der Waals surface area contributed by atoms with Gasteiger partial charge in [-0.25, -0.2) is 13.8 Å². The van der Waals surface area contributed by atoms with Gasteiger partial charge in [0.2, 0.25) is 0 Å². The maximum absolute atomic E-state index is 13.5. The van der Waals surface area contributed by atoms with Crippen LogP contribution < -0.4 is 14.5 Å². The number of nitrogens with zero attached hydrogens (tertiary/aromatic N) is 2. The quantitative estimate of drug-likeness (QED) is 0.134. The summed E-state index contributed by atoms with van der Waals surface area (Å²) in [6.45, 7) is 1.86. The molecule has 0 fully saturated rings. The highest BCUT2D eigenvalue weighted by Gasteiger charge is 2.27. The van der Waals surface area contributed by atoms with Crippen LogP contribution in [0.4, 0.5) is 5.69 Å². The minimum atomic E-state index is -4.02. The Bertz CT molecular complexity index is 1840. The fourth-order valence-electron chi connectivity index (χ4n) is 4.36. The number of nitrogens with one attached hydrogen (secondary N) is 1. The molecule has 5 aromatic carbocycles. The molecule has 0 atom stereocenters. The van der Waals surface area contributed by atoms with E-state index in [1.165, 1.54) is 23.7 Å². The number of ether oxygens (including phenoxy) is 1. The monoisotopic (exact) mass is 641 g/mol. The van der Waals surface area contributed by atoms with E-state index in [1.807, 2.05) is 49.4 Å². The number of fused-ring (bicyclic) bond motifs is 1. The van der Waals surface area contributed by atoms with Crippen molar-refractivity contribution in [3.05, 3.63) is 136 Å². The molecule has 0 aliphatic carbocycles. The lowest BCUT2D eigenvalue weighted by molar-refractivity contribution is -0.119. The highest BCUT2D eigenvalue weighted by Crippen LogP contribution is 2.26. The molecule has 0 radical (unpaired) electrons. The van der Waals surface area contributed by atoms with E-state index in [2.05, 4.69) is 50.7 Å². The molecule has 0 aromatic heterocycles. The van der Waals surface area contributed by atoms with Gasteiger partial charge < -0.3 is 4.74 Å². The molecule has 0 spiro atoms. The largest absolute Gasteiger partial charge is 0.489 e. The number of hydrogen-bond donors (Lipinski definition) is 1. The molecule has 0 saturated carbocycles. The van der Waals surface area contributed by atoms with E-state index in [9.17, 15) is 13.2 Å². The Hall–Kier alpha value is -4.47. The number of anilines is 1. The summed E-state index contributed by atoms with van der Waals surface area (Å²) in [4.78, 5) is 12.9. The molecule has 5 rings (SSSR count). The molecular formula is C33H28BrN3O4S. The van der Waals surface area contributed by atoms with E-state index >= 15 is 0 Å². The third kappa shape index (κ3) is 7.05. The van der Waals surface area contributed by atoms with Gasteiger partial charge in [0.25, 0.3) is 15.9 Å². The van der Waals surface area contributed by atoms with E-state index in [0.29, 0.717) is 22.5 Å². The molecule has 1 N–H and O–H groups in total. The average Bonchev–Trinajstić information content (AvgIpc) is 2.99. The SMILES string of the molecule is Cc1ccc(S(=O)(=O)N(CC(=O)N/N=C/c2ccc(OCc3cccc4ccccc34)cc2)c2cccc(Br)c2)cc1. The second kappa shape index (κ2) is 13.0. The molecule has 1 amide bonds. The van der Waals surface area contributed by atoms with Gasteiger partial charge in [-0.15, -0.1) is 0 Å². The van der Waals surface area contributed by atoms with Gasteiger partial charge >= 0.3 is 0 Å². The summed E-state index contributed by atoms with van der Waals surface area (Å²) >= 11 is 3.38. The lowest BCUT2D eigenvalue weighted by Crippen LogP contribution is -2.39. The number of carbonyl (C=O) groups is 1. The number of aryl methyl sites for hydroxylation is 1. The number of rotatable bonds is 10. The second-order valence-corrected chi connectivity index (χ2v) is 12.4. The lowest BCUT2D eigenvalue weighted by atomic mass is 10.1. The van der Waals surface area contributed by atoms with Gasteiger partial charge in [-0.05, 0) is 83.4 Å². The fraction of sp³-hybridized carbons (Fsp3) is 0.0909. The number of hydrogen-bond acceptors (Lipinski definition) is 5. The maximum atomic E-state index is 13.5. The van der Waals surface area contributed by atoms with Crippen LogP contribution in [-0.4, -0.2) is 27.1 Å². The van der Waals surface area contributed by atoms with Crippen molar-refractivity contribution in [2.45, 2.75) is 18.4 Å². The number of benzene rings is 5. The first-order chi connectivity index (χ1) is 20.3. The Morgan fingerprint density at radius 2 is 1.62 bits per heavy atom. The van der Waals surface area contributed by atoms with Crippen LogP contribution >= 0.6 is 15.9 Å². The number of carbonyl (C=O) groups excluding carboxylic acids is 1. The Morgan fingerprint density at radius 1 is 0.905 bits per heavy atom. The van der Waals surface area contributed by atoms with Gasteiger partial charge in [0, 0.05) is 4.47 Å². The first-order valence-electron chi connectivity index (χ1n) is 13.2. The van der Waals surface area contributed by atoms with Crippen molar-refractivity contribution < 1.29 is 17.9 Å². The Balaban J connectivity index is 1.22.